The number of halogens is 1. The van der Waals surface area contributed by atoms with Crippen molar-refractivity contribution in [2.24, 2.45) is 0 Å². The Morgan fingerprint density at radius 2 is 1.94 bits per heavy atom. The molecule has 2 aliphatic heterocycles. The van der Waals surface area contributed by atoms with E-state index in [0.717, 1.165) is 43.3 Å². The largest absolute Gasteiger partial charge is 0.375 e. The molecule has 0 bridgehead atoms. The van der Waals surface area contributed by atoms with E-state index in [2.05, 4.69) is 29.2 Å². The van der Waals surface area contributed by atoms with Crippen LogP contribution in [0.4, 0.5) is 4.39 Å². The van der Waals surface area contributed by atoms with Gasteiger partial charge in [-0.1, -0.05) is 30.3 Å². The standard InChI is InChI=1S/C25H30FNO5S/c1-33(28,29)31-10-8-20-15-27(9-11-30-20)16-21-14-24-22-5-3-2-4-17(22)12-18-6-7-19(26)13-23(18)25(24)32-21/h2-7,13,20-21,24-25H,8-12,14-16H2,1H3/t20?,21-,24-,25+/m1/s1. The molecule has 33 heavy (non-hydrogen) atoms. The summed E-state index contributed by atoms with van der Waals surface area (Å²) < 4.78 is 53.8. The lowest BCUT2D eigenvalue weighted by atomic mass is 9.87. The van der Waals surface area contributed by atoms with Gasteiger partial charge in [0.15, 0.2) is 0 Å². The van der Waals surface area contributed by atoms with Gasteiger partial charge in [0.2, 0.25) is 0 Å². The first kappa shape index (κ1) is 22.9. The number of benzene rings is 2. The fourth-order valence-corrected chi connectivity index (χ4v) is 5.85. The Labute approximate surface area is 194 Å². The lowest BCUT2D eigenvalue weighted by Crippen LogP contribution is -2.45. The van der Waals surface area contributed by atoms with Crippen LogP contribution < -0.4 is 0 Å². The van der Waals surface area contributed by atoms with E-state index in [1.165, 1.54) is 17.2 Å². The van der Waals surface area contributed by atoms with Crippen LogP contribution >= 0.6 is 0 Å². The Bertz CT molecular complexity index is 1110. The van der Waals surface area contributed by atoms with Crippen LogP contribution in [0.25, 0.3) is 0 Å². The van der Waals surface area contributed by atoms with E-state index >= 15 is 0 Å². The molecule has 8 heteroatoms. The monoisotopic (exact) mass is 475 g/mol. The Kier molecular flexibility index (Phi) is 6.55. The van der Waals surface area contributed by atoms with Crippen LogP contribution in [0, 0.1) is 5.82 Å². The average Bonchev–Trinajstić information content (AvgIpc) is 3.13. The van der Waals surface area contributed by atoms with Crippen molar-refractivity contribution in [2.75, 3.05) is 39.1 Å². The third kappa shape index (κ3) is 5.30. The summed E-state index contributed by atoms with van der Waals surface area (Å²) in [5.74, 6) is -0.0212. The van der Waals surface area contributed by atoms with E-state index in [4.69, 9.17) is 13.7 Å². The lowest BCUT2D eigenvalue weighted by Gasteiger charge is -2.34. The van der Waals surface area contributed by atoms with Crippen molar-refractivity contribution in [3.05, 3.63) is 70.5 Å². The second-order valence-electron chi connectivity index (χ2n) is 9.31. The molecular weight excluding hydrogens is 445 g/mol. The van der Waals surface area contributed by atoms with Crippen LogP contribution in [-0.4, -0.2) is 64.6 Å². The molecule has 3 aliphatic rings. The molecule has 0 aromatic heterocycles. The molecule has 5 rings (SSSR count). The van der Waals surface area contributed by atoms with Crippen molar-refractivity contribution in [1.82, 2.24) is 4.90 Å². The summed E-state index contributed by atoms with van der Waals surface area (Å²) in [5.41, 5.74) is 4.70. The number of fused-ring (bicyclic) bond motifs is 5. The highest BCUT2D eigenvalue weighted by Gasteiger charge is 2.41. The average molecular weight is 476 g/mol. The maximum Gasteiger partial charge on any atom is 0.264 e. The molecule has 0 N–H and O–H groups in total. The summed E-state index contributed by atoms with van der Waals surface area (Å²) in [6, 6.07) is 13.6. The number of ether oxygens (including phenoxy) is 2. The summed E-state index contributed by atoms with van der Waals surface area (Å²) in [4.78, 5) is 2.32. The molecule has 1 aliphatic carbocycles. The highest BCUT2D eigenvalue weighted by molar-refractivity contribution is 7.85. The summed E-state index contributed by atoms with van der Waals surface area (Å²) in [6.07, 6.45) is 3.09. The molecule has 1 unspecified atom stereocenters. The number of morpholine rings is 1. The van der Waals surface area contributed by atoms with Gasteiger partial charge >= 0.3 is 0 Å². The normalized spacial score (nSPS) is 27.5. The first-order chi connectivity index (χ1) is 15.9. The van der Waals surface area contributed by atoms with Gasteiger partial charge in [-0.15, -0.1) is 0 Å². The minimum absolute atomic E-state index is 0.0355. The van der Waals surface area contributed by atoms with Gasteiger partial charge in [-0.2, -0.15) is 8.42 Å². The lowest BCUT2D eigenvalue weighted by molar-refractivity contribution is -0.0558. The summed E-state index contributed by atoms with van der Waals surface area (Å²) in [7, 11) is -3.44. The van der Waals surface area contributed by atoms with Gasteiger partial charge < -0.3 is 9.47 Å². The van der Waals surface area contributed by atoms with Crippen molar-refractivity contribution in [3.8, 4) is 0 Å². The van der Waals surface area contributed by atoms with Gasteiger partial charge in [0.1, 0.15) is 5.82 Å². The van der Waals surface area contributed by atoms with E-state index in [9.17, 15) is 12.8 Å². The number of nitrogens with zero attached hydrogens (tertiary/aromatic N) is 1. The summed E-state index contributed by atoms with van der Waals surface area (Å²) in [6.45, 7) is 3.01. The molecule has 2 fully saturated rings. The highest BCUT2D eigenvalue weighted by Crippen LogP contribution is 2.49. The molecule has 2 aromatic carbocycles. The minimum atomic E-state index is -3.44. The van der Waals surface area contributed by atoms with Gasteiger partial charge in [-0.05, 0) is 53.6 Å². The predicted octanol–water partition coefficient (Wildman–Crippen LogP) is 3.41. The SMILES string of the molecule is CS(=O)(=O)OCCC1CN(C[C@H]2C[C@@H]3c4ccccc4Cc4ccc(F)cc4[C@@H]3O2)CCO1. The smallest absolute Gasteiger partial charge is 0.264 e. The molecule has 0 radical (unpaired) electrons. The van der Waals surface area contributed by atoms with Gasteiger partial charge in [-0.3, -0.25) is 9.08 Å². The molecule has 0 amide bonds. The van der Waals surface area contributed by atoms with Crippen molar-refractivity contribution >= 4 is 10.1 Å². The van der Waals surface area contributed by atoms with Gasteiger partial charge in [0.05, 0.1) is 37.8 Å². The number of hydrogen-bond acceptors (Lipinski definition) is 6. The summed E-state index contributed by atoms with van der Waals surface area (Å²) >= 11 is 0. The Morgan fingerprint density at radius 1 is 1.12 bits per heavy atom. The van der Waals surface area contributed by atoms with E-state index in [1.807, 2.05) is 6.07 Å². The van der Waals surface area contributed by atoms with Crippen molar-refractivity contribution < 1.29 is 26.5 Å². The second kappa shape index (κ2) is 9.43. The van der Waals surface area contributed by atoms with Crippen molar-refractivity contribution in [2.45, 2.75) is 43.5 Å². The molecule has 4 atom stereocenters. The maximum atomic E-state index is 14.2. The fourth-order valence-electron chi connectivity index (χ4n) is 5.46. The van der Waals surface area contributed by atoms with Crippen LogP contribution in [-0.2, 0) is 30.2 Å². The van der Waals surface area contributed by atoms with Gasteiger partial charge in [0, 0.05) is 25.6 Å². The van der Waals surface area contributed by atoms with Crippen LogP contribution in [0.1, 0.15) is 47.1 Å². The molecule has 0 saturated carbocycles. The van der Waals surface area contributed by atoms with E-state index in [1.54, 1.807) is 6.07 Å². The minimum Gasteiger partial charge on any atom is -0.375 e. The Morgan fingerprint density at radius 3 is 2.79 bits per heavy atom. The summed E-state index contributed by atoms with van der Waals surface area (Å²) in [5, 5.41) is 0. The molecule has 2 aromatic rings. The van der Waals surface area contributed by atoms with Crippen LogP contribution in [0.15, 0.2) is 42.5 Å². The van der Waals surface area contributed by atoms with E-state index in [-0.39, 0.29) is 36.7 Å². The molecule has 6 nitrogen and oxygen atoms in total. The zero-order valence-electron chi connectivity index (χ0n) is 18.8. The zero-order chi connectivity index (χ0) is 23.0. The molecule has 0 spiro atoms. The number of hydrogen-bond donors (Lipinski definition) is 0. The third-order valence-electron chi connectivity index (χ3n) is 6.89. The van der Waals surface area contributed by atoms with Crippen molar-refractivity contribution in [3.63, 3.8) is 0 Å². The van der Waals surface area contributed by atoms with Gasteiger partial charge in [-0.25, -0.2) is 4.39 Å². The Hall–Kier alpha value is -1.84. The van der Waals surface area contributed by atoms with Crippen LogP contribution in [0.3, 0.4) is 0 Å². The molecule has 2 heterocycles. The van der Waals surface area contributed by atoms with Crippen LogP contribution in [0.2, 0.25) is 0 Å². The highest BCUT2D eigenvalue weighted by atomic mass is 32.2. The zero-order valence-corrected chi connectivity index (χ0v) is 19.6. The predicted molar refractivity (Wildman–Crippen MR) is 122 cm³/mol. The van der Waals surface area contributed by atoms with Crippen LogP contribution in [0.5, 0.6) is 0 Å². The van der Waals surface area contributed by atoms with Crippen molar-refractivity contribution in [1.29, 1.82) is 0 Å². The second-order valence-corrected chi connectivity index (χ2v) is 11.0. The third-order valence-corrected chi connectivity index (χ3v) is 7.49. The number of rotatable bonds is 6. The molecular formula is C25H30FNO5S. The van der Waals surface area contributed by atoms with Gasteiger partial charge in [0.25, 0.3) is 10.1 Å². The molecule has 2 saturated heterocycles. The topological polar surface area (TPSA) is 65.1 Å². The van der Waals surface area contributed by atoms with E-state index < -0.39 is 10.1 Å². The first-order valence-electron chi connectivity index (χ1n) is 11.6. The quantitative estimate of drug-likeness (QED) is 0.597. The Balaban J connectivity index is 1.29. The molecule has 178 valence electrons. The first-order valence-corrected chi connectivity index (χ1v) is 13.4. The maximum absolute atomic E-state index is 14.2. The fraction of sp³-hybridized carbons (Fsp3) is 0.520. The van der Waals surface area contributed by atoms with E-state index in [0.29, 0.717) is 19.6 Å².